The van der Waals surface area contributed by atoms with Gasteiger partial charge >= 0.3 is 7.60 Å². The molecule has 0 spiro atoms. The zero-order chi connectivity index (χ0) is 17.5. The van der Waals surface area contributed by atoms with Gasteiger partial charge in [0.2, 0.25) is 0 Å². The first-order valence-corrected chi connectivity index (χ1v) is 10.3. The van der Waals surface area contributed by atoms with Gasteiger partial charge in [-0.05, 0) is 17.5 Å². The number of rotatable bonds is 9. The SMILES string of the molecule is CCCCCCCC(c1ccccc1)(c1ccccc1)P(=O)(O)O. The maximum Gasteiger partial charge on any atom is 0.340 e. The average molecular weight is 346 g/mol. The van der Waals surface area contributed by atoms with E-state index >= 15 is 0 Å². The molecule has 0 saturated carbocycles. The minimum atomic E-state index is -4.41. The number of hydrogen-bond donors (Lipinski definition) is 2. The van der Waals surface area contributed by atoms with E-state index in [1.54, 1.807) is 0 Å². The highest BCUT2D eigenvalue weighted by Crippen LogP contribution is 2.63. The summed E-state index contributed by atoms with van der Waals surface area (Å²) in [6.07, 6.45) is 5.68. The van der Waals surface area contributed by atoms with Crippen LogP contribution in [0.4, 0.5) is 0 Å². The molecule has 0 unspecified atom stereocenters. The average Bonchev–Trinajstić information content (AvgIpc) is 2.59. The highest BCUT2D eigenvalue weighted by molar-refractivity contribution is 7.53. The van der Waals surface area contributed by atoms with Gasteiger partial charge in [-0.15, -0.1) is 0 Å². The standard InChI is InChI=1S/C20H27O3P/c1-2-3-4-5-12-17-20(24(21,22)23,18-13-8-6-9-14-18)19-15-10-7-11-16-19/h6-11,13-16H,2-5,12,17H2,1H3,(H2,21,22,23). The van der Waals surface area contributed by atoms with Gasteiger partial charge < -0.3 is 9.79 Å². The van der Waals surface area contributed by atoms with E-state index in [-0.39, 0.29) is 0 Å². The summed E-state index contributed by atoms with van der Waals surface area (Å²) < 4.78 is 12.7. The second-order valence-corrected chi connectivity index (χ2v) is 8.15. The van der Waals surface area contributed by atoms with Crippen molar-refractivity contribution in [2.24, 2.45) is 0 Å². The van der Waals surface area contributed by atoms with Gasteiger partial charge in [-0.1, -0.05) is 99.7 Å². The molecular formula is C20H27O3P. The third-order valence-corrected chi connectivity index (χ3v) is 6.38. The van der Waals surface area contributed by atoms with Crippen LogP contribution in [0.15, 0.2) is 60.7 Å². The van der Waals surface area contributed by atoms with Gasteiger partial charge in [0.25, 0.3) is 0 Å². The van der Waals surface area contributed by atoms with Gasteiger partial charge in [-0.2, -0.15) is 0 Å². The molecule has 0 aromatic heterocycles. The quantitative estimate of drug-likeness (QED) is 0.468. The van der Waals surface area contributed by atoms with Crippen LogP contribution in [0.2, 0.25) is 0 Å². The normalized spacial score (nSPS) is 12.3. The Hall–Kier alpha value is -1.41. The molecule has 0 atom stereocenters. The number of hydrogen-bond acceptors (Lipinski definition) is 1. The van der Waals surface area contributed by atoms with Crippen LogP contribution >= 0.6 is 7.60 Å². The Balaban J connectivity index is 2.44. The van der Waals surface area contributed by atoms with Crippen molar-refractivity contribution in [3.05, 3.63) is 71.8 Å². The van der Waals surface area contributed by atoms with Gasteiger partial charge in [0.15, 0.2) is 0 Å². The third kappa shape index (κ3) is 4.16. The Kier molecular flexibility index (Phi) is 6.79. The molecular weight excluding hydrogens is 319 g/mol. The van der Waals surface area contributed by atoms with Crippen LogP contribution in [0.3, 0.4) is 0 Å². The van der Waals surface area contributed by atoms with Crippen molar-refractivity contribution < 1.29 is 14.4 Å². The molecule has 130 valence electrons. The van der Waals surface area contributed by atoms with Gasteiger partial charge in [0, 0.05) is 0 Å². The van der Waals surface area contributed by atoms with E-state index in [1.807, 2.05) is 60.7 Å². The maximum absolute atomic E-state index is 12.7. The monoisotopic (exact) mass is 346 g/mol. The molecule has 2 aromatic carbocycles. The van der Waals surface area contributed by atoms with E-state index in [9.17, 15) is 14.4 Å². The molecule has 0 saturated heterocycles. The Morgan fingerprint density at radius 2 is 1.25 bits per heavy atom. The first-order valence-electron chi connectivity index (χ1n) is 8.69. The third-order valence-electron chi connectivity index (χ3n) is 4.64. The second kappa shape index (κ2) is 8.62. The first kappa shape index (κ1) is 18.9. The number of unbranched alkanes of at least 4 members (excludes halogenated alkanes) is 4. The molecule has 0 aliphatic rings. The predicted octanol–water partition coefficient (Wildman–Crippen LogP) is 5.47. The summed E-state index contributed by atoms with van der Waals surface area (Å²) >= 11 is 0. The van der Waals surface area contributed by atoms with Crippen molar-refractivity contribution in [2.45, 2.75) is 50.6 Å². The van der Waals surface area contributed by atoms with Gasteiger partial charge in [-0.3, -0.25) is 4.57 Å². The lowest BCUT2D eigenvalue weighted by molar-refractivity contribution is 0.329. The molecule has 0 fully saturated rings. The Morgan fingerprint density at radius 3 is 1.67 bits per heavy atom. The van der Waals surface area contributed by atoms with E-state index in [0.29, 0.717) is 17.5 Å². The highest BCUT2D eigenvalue weighted by atomic mass is 31.2. The highest BCUT2D eigenvalue weighted by Gasteiger charge is 2.49. The van der Waals surface area contributed by atoms with Crippen LogP contribution in [-0.2, 0) is 9.72 Å². The minimum absolute atomic E-state index is 0.453. The largest absolute Gasteiger partial charge is 0.340 e. The van der Waals surface area contributed by atoms with E-state index in [1.165, 1.54) is 6.42 Å². The lowest BCUT2D eigenvalue weighted by atomic mass is 9.85. The van der Waals surface area contributed by atoms with Crippen molar-refractivity contribution in [3.63, 3.8) is 0 Å². The molecule has 24 heavy (non-hydrogen) atoms. The minimum Gasteiger partial charge on any atom is -0.324 e. The maximum atomic E-state index is 12.7. The molecule has 4 heteroatoms. The van der Waals surface area contributed by atoms with Crippen molar-refractivity contribution in [1.29, 1.82) is 0 Å². The molecule has 0 bridgehead atoms. The van der Waals surface area contributed by atoms with Crippen LogP contribution < -0.4 is 0 Å². The van der Waals surface area contributed by atoms with E-state index in [4.69, 9.17) is 0 Å². The van der Waals surface area contributed by atoms with Crippen LogP contribution in [0.1, 0.15) is 56.6 Å². The molecule has 2 N–H and O–H groups in total. The van der Waals surface area contributed by atoms with Gasteiger partial charge in [0.1, 0.15) is 5.16 Å². The predicted molar refractivity (Wildman–Crippen MR) is 99.1 cm³/mol. The Bertz CT molecular complexity index is 610. The van der Waals surface area contributed by atoms with E-state index < -0.39 is 12.8 Å². The summed E-state index contributed by atoms with van der Waals surface area (Å²) in [5.41, 5.74) is 1.39. The zero-order valence-electron chi connectivity index (χ0n) is 14.3. The molecule has 0 heterocycles. The van der Waals surface area contributed by atoms with Crippen LogP contribution in [-0.4, -0.2) is 9.79 Å². The Labute approximate surface area is 144 Å². The second-order valence-electron chi connectivity index (χ2n) is 6.30. The van der Waals surface area contributed by atoms with Crippen molar-refractivity contribution in [3.8, 4) is 0 Å². The smallest absolute Gasteiger partial charge is 0.324 e. The van der Waals surface area contributed by atoms with Crippen molar-refractivity contribution in [1.82, 2.24) is 0 Å². The van der Waals surface area contributed by atoms with Gasteiger partial charge in [0.05, 0.1) is 0 Å². The summed E-state index contributed by atoms with van der Waals surface area (Å²) in [5, 5.41) is -1.26. The zero-order valence-corrected chi connectivity index (χ0v) is 15.2. The Morgan fingerprint density at radius 1 is 0.792 bits per heavy atom. The summed E-state index contributed by atoms with van der Waals surface area (Å²) in [6, 6.07) is 18.5. The van der Waals surface area contributed by atoms with Crippen LogP contribution in [0.5, 0.6) is 0 Å². The van der Waals surface area contributed by atoms with Crippen LogP contribution in [0.25, 0.3) is 0 Å². The van der Waals surface area contributed by atoms with Gasteiger partial charge in [-0.25, -0.2) is 0 Å². The fraction of sp³-hybridized carbons (Fsp3) is 0.400. The molecule has 0 amide bonds. The molecule has 2 rings (SSSR count). The van der Waals surface area contributed by atoms with E-state index in [2.05, 4.69) is 6.92 Å². The lowest BCUT2D eigenvalue weighted by Gasteiger charge is -2.35. The first-order chi connectivity index (χ1) is 11.5. The fourth-order valence-corrected chi connectivity index (χ4v) is 4.77. The number of benzene rings is 2. The van der Waals surface area contributed by atoms with Crippen molar-refractivity contribution >= 4 is 7.60 Å². The molecule has 0 aliphatic carbocycles. The fourth-order valence-electron chi connectivity index (χ4n) is 3.35. The summed E-state index contributed by atoms with van der Waals surface area (Å²) in [5.74, 6) is 0. The van der Waals surface area contributed by atoms with E-state index in [0.717, 1.165) is 25.7 Å². The topological polar surface area (TPSA) is 57.5 Å². The lowest BCUT2D eigenvalue weighted by Crippen LogP contribution is -2.28. The molecule has 2 aromatic rings. The molecule has 0 aliphatic heterocycles. The van der Waals surface area contributed by atoms with Crippen molar-refractivity contribution in [2.75, 3.05) is 0 Å². The summed E-state index contributed by atoms with van der Waals surface area (Å²) in [4.78, 5) is 20.7. The van der Waals surface area contributed by atoms with Crippen LogP contribution in [0, 0.1) is 0 Å². The summed E-state index contributed by atoms with van der Waals surface area (Å²) in [7, 11) is -4.41. The molecule has 3 nitrogen and oxygen atoms in total. The summed E-state index contributed by atoms with van der Waals surface area (Å²) in [6.45, 7) is 2.16. The molecule has 0 radical (unpaired) electrons.